The van der Waals surface area contributed by atoms with E-state index in [1.807, 2.05) is 0 Å². The van der Waals surface area contributed by atoms with E-state index in [1.165, 1.54) is 36.4 Å². The van der Waals surface area contributed by atoms with Gasteiger partial charge in [0, 0.05) is 29.6 Å². The molecule has 0 bridgehead atoms. The second-order valence-corrected chi connectivity index (χ2v) is 7.87. The predicted molar refractivity (Wildman–Crippen MR) is 112 cm³/mol. The van der Waals surface area contributed by atoms with E-state index in [4.69, 9.17) is 5.73 Å². The number of carbonyl (C=O) groups excluding carboxylic acids is 2. The molecular weight excluding hydrogens is 415 g/mol. The number of hydrogen-bond acceptors (Lipinski definition) is 4. The third kappa shape index (κ3) is 6.03. The first-order valence-electron chi connectivity index (χ1n) is 9.25. The van der Waals surface area contributed by atoms with Crippen molar-refractivity contribution in [2.75, 3.05) is 23.3 Å². The number of hydrogen-bond donors (Lipinski definition) is 2. The third-order valence-electron chi connectivity index (χ3n) is 4.53. The van der Waals surface area contributed by atoms with E-state index in [1.54, 1.807) is 18.2 Å². The highest BCUT2D eigenvalue weighted by molar-refractivity contribution is 8.00. The van der Waals surface area contributed by atoms with Crippen LogP contribution in [0.25, 0.3) is 6.08 Å². The zero-order chi connectivity index (χ0) is 21.7. The molecule has 158 valence electrons. The van der Waals surface area contributed by atoms with Crippen LogP contribution < -0.4 is 16.0 Å². The first-order chi connectivity index (χ1) is 14.2. The normalized spacial score (nSPS) is 14.3. The van der Waals surface area contributed by atoms with Crippen molar-refractivity contribution >= 4 is 41.0 Å². The molecule has 2 aromatic rings. The molecule has 1 heterocycles. The fraction of sp³-hybridized carbons (Fsp3) is 0.238. The molecular formula is C21H20F3N3O2S. The molecule has 1 aliphatic heterocycles. The Hall–Kier alpha value is -2.94. The molecule has 0 aromatic heterocycles. The van der Waals surface area contributed by atoms with Crippen LogP contribution in [-0.4, -0.2) is 30.4 Å². The molecule has 3 rings (SSSR count). The van der Waals surface area contributed by atoms with Gasteiger partial charge in [-0.1, -0.05) is 12.1 Å². The molecule has 9 heteroatoms. The van der Waals surface area contributed by atoms with E-state index in [0.29, 0.717) is 11.3 Å². The van der Waals surface area contributed by atoms with Crippen LogP contribution in [0.3, 0.4) is 0 Å². The van der Waals surface area contributed by atoms with E-state index in [-0.39, 0.29) is 22.2 Å². The Balaban J connectivity index is 1.72. The van der Waals surface area contributed by atoms with Crippen LogP contribution in [0.15, 0.2) is 53.4 Å². The van der Waals surface area contributed by atoms with Gasteiger partial charge >= 0.3 is 5.51 Å². The number of alkyl halides is 3. The summed E-state index contributed by atoms with van der Waals surface area (Å²) < 4.78 is 37.2. The van der Waals surface area contributed by atoms with Gasteiger partial charge in [-0.15, -0.1) is 0 Å². The topological polar surface area (TPSA) is 75.4 Å². The minimum Gasteiger partial charge on any atom is -0.370 e. The first-order valence-corrected chi connectivity index (χ1v) is 10.1. The molecule has 0 unspecified atom stereocenters. The lowest BCUT2D eigenvalue weighted by Crippen LogP contribution is -2.21. The summed E-state index contributed by atoms with van der Waals surface area (Å²) in [5, 5.41) is 2.77. The van der Waals surface area contributed by atoms with Crippen LogP contribution in [0.5, 0.6) is 0 Å². The van der Waals surface area contributed by atoms with Gasteiger partial charge in [-0.25, -0.2) is 0 Å². The van der Waals surface area contributed by atoms with Gasteiger partial charge in [0.05, 0.1) is 11.4 Å². The van der Waals surface area contributed by atoms with Crippen LogP contribution in [-0.2, 0) is 4.79 Å². The van der Waals surface area contributed by atoms with Crippen molar-refractivity contribution in [2.24, 2.45) is 5.73 Å². The second-order valence-electron chi connectivity index (χ2n) is 6.73. The Kier molecular flexibility index (Phi) is 6.71. The largest absolute Gasteiger partial charge is 0.446 e. The Bertz CT molecular complexity index is 953. The quantitative estimate of drug-likeness (QED) is 0.512. The van der Waals surface area contributed by atoms with Gasteiger partial charge in [0.2, 0.25) is 11.8 Å². The minimum atomic E-state index is -4.34. The highest BCUT2D eigenvalue weighted by Crippen LogP contribution is 2.36. The summed E-state index contributed by atoms with van der Waals surface area (Å²) in [6.45, 7) is 1.72. The number of carbonyl (C=O) groups is 2. The lowest BCUT2D eigenvalue weighted by Gasteiger charge is -2.21. The van der Waals surface area contributed by atoms with Gasteiger partial charge in [0.1, 0.15) is 0 Å². The van der Waals surface area contributed by atoms with E-state index >= 15 is 0 Å². The maximum Gasteiger partial charge on any atom is 0.446 e. The molecule has 2 aromatic carbocycles. The maximum atomic E-state index is 12.4. The number of amides is 2. The first kappa shape index (κ1) is 21.8. The molecule has 0 radical (unpaired) electrons. The van der Waals surface area contributed by atoms with Crippen LogP contribution >= 0.6 is 11.8 Å². The molecule has 5 nitrogen and oxygen atoms in total. The standard InChI is InChI=1S/C21H20F3N3O2S/c22-21(23,24)30-16-7-3-14(4-8-16)5-10-19(28)26-17-13-15(20(25)29)6-9-18(17)27-11-1-2-12-27/h3-10,13H,1-2,11-12H2,(H2,25,29)(H,26,28)/b10-5+. The van der Waals surface area contributed by atoms with Crippen LogP contribution in [0.4, 0.5) is 24.5 Å². The Morgan fingerprint density at radius 2 is 1.73 bits per heavy atom. The fourth-order valence-electron chi connectivity index (χ4n) is 3.15. The van der Waals surface area contributed by atoms with Crippen molar-refractivity contribution in [3.05, 3.63) is 59.7 Å². The number of benzene rings is 2. The van der Waals surface area contributed by atoms with Gasteiger partial charge in [0.25, 0.3) is 0 Å². The number of thioether (sulfide) groups is 1. The molecule has 0 aliphatic carbocycles. The summed E-state index contributed by atoms with van der Waals surface area (Å²) in [7, 11) is 0. The highest BCUT2D eigenvalue weighted by Gasteiger charge is 2.28. The van der Waals surface area contributed by atoms with E-state index in [0.717, 1.165) is 31.6 Å². The molecule has 2 amide bonds. The number of halogens is 3. The molecule has 1 saturated heterocycles. The SMILES string of the molecule is NC(=O)c1ccc(N2CCCC2)c(NC(=O)/C=C/c2ccc(SC(F)(F)F)cc2)c1. The minimum absolute atomic E-state index is 0.0719. The molecule has 0 saturated carbocycles. The number of nitrogens with two attached hydrogens (primary N) is 1. The molecule has 0 spiro atoms. The zero-order valence-corrected chi connectivity index (χ0v) is 16.7. The van der Waals surface area contributed by atoms with E-state index in [2.05, 4.69) is 10.2 Å². The zero-order valence-electron chi connectivity index (χ0n) is 15.9. The predicted octanol–water partition coefficient (Wildman–Crippen LogP) is 4.65. The molecule has 1 fully saturated rings. The number of nitrogens with zero attached hydrogens (tertiary/aromatic N) is 1. The number of primary amides is 1. The van der Waals surface area contributed by atoms with Crippen molar-refractivity contribution in [3.8, 4) is 0 Å². The summed E-state index contributed by atoms with van der Waals surface area (Å²) in [6.07, 6.45) is 4.89. The van der Waals surface area contributed by atoms with Crippen molar-refractivity contribution in [2.45, 2.75) is 23.2 Å². The Morgan fingerprint density at radius 1 is 1.07 bits per heavy atom. The summed E-state index contributed by atoms with van der Waals surface area (Å²) in [5.74, 6) is -1.02. The van der Waals surface area contributed by atoms with E-state index in [9.17, 15) is 22.8 Å². The van der Waals surface area contributed by atoms with Gasteiger partial charge in [-0.05, 0) is 66.6 Å². The van der Waals surface area contributed by atoms with Crippen molar-refractivity contribution in [1.82, 2.24) is 0 Å². The summed E-state index contributed by atoms with van der Waals surface area (Å²) in [4.78, 5) is 26.1. The van der Waals surface area contributed by atoms with Crippen LogP contribution in [0.2, 0.25) is 0 Å². The maximum absolute atomic E-state index is 12.4. The summed E-state index contributed by atoms with van der Waals surface area (Å²) in [5.41, 5.74) is 3.18. The third-order valence-corrected chi connectivity index (χ3v) is 5.27. The smallest absolute Gasteiger partial charge is 0.370 e. The van der Waals surface area contributed by atoms with E-state index < -0.39 is 17.3 Å². The monoisotopic (exact) mass is 435 g/mol. The van der Waals surface area contributed by atoms with Gasteiger partial charge < -0.3 is 16.0 Å². The van der Waals surface area contributed by atoms with Gasteiger partial charge in [-0.2, -0.15) is 13.2 Å². The summed E-state index contributed by atoms with van der Waals surface area (Å²) in [6, 6.07) is 10.6. The van der Waals surface area contributed by atoms with Gasteiger partial charge in [0.15, 0.2) is 0 Å². The number of nitrogens with one attached hydrogen (secondary N) is 1. The number of rotatable bonds is 6. The van der Waals surface area contributed by atoms with Crippen LogP contribution in [0.1, 0.15) is 28.8 Å². The Morgan fingerprint density at radius 3 is 2.33 bits per heavy atom. The molecule has 30 heavy (non-hydrogen) atoms. The van der Waals surface area contributed by atoms with Crippen molar-refractivity contribution < 1.29 is 22.8 Å². The lowest BCUT2D eigenvalue weighted by molar-refractivity contribution is -0.111. The highest BCUT2D eigenvalue weighted by atomic mass is 32.2. The summed E-state index contributed by atoms with van der Waals surface area (Å²) >= 11 is -0.193. The van der Waals surface area contributed by atoms with Gasteiger partial charge in [-0.3, -0.25) is 9.59 Å². The Labute approximate surface area is 176 Å². The molecule has 3 N–H and O–H groups in total. The lowest BCUT2D eigenvalue weighted by atomic mass is 10.1. The fourth-order valence-corrected chi connectivity index (χ4v) is 3.69. The number of anilines is 2. The average Bonchev–Trinajstić information content (AvgIpc) is 3.20. The molecule has 0 atom stereocenters. The van der Waals surface area contributed by atoms with Crippen LogP contribution in [0, 0.1) is 0 Å². The van der Waals surface area contributed by atoms with Crippen molar-refractivity contribution in [3.63, 3.8) is 0 Å². The van der Waals surface area contributed by atoms with Crippen molar-refractivity contribution in [1.29, 1.82) is 0 Å². The molecule has 1 aliphatic rings. The second kappa shape index (κ2) is 9.25. The average molecular weight is 435 g/mol.